The monoisotopic (exact) mass is 281 g/mol. The number of nitrogens with zero attached hydrogens (tertiary/aromatic N) is 3. The van der Waals surface area contributed by atoms with E-state index in [1.807, 2.05) is 26.4 Å². The summed E-state index contributed by atoms with van der Waals surface area (Å²) in [7, 11) is 1.87. The second kappa shape index (κ2) is 5.03. The van der Waals surface area contributed by atoms with Crippen LogP contribution < -0.4 is 11.1 Å². The standard InChI is InChI=1S/C11H15N5S2/c1-6-8(18-5-14-6)4-13-11-9(10(12)17)7(2)15-16(11)3/h5,13H,4H2,1-3H3,(H2,12,17). The SMILES string of the molecule is Cc1ncsc1CNc1c(C(N)=S)c(C)nn1C. The van der Waals surface area contributed by atoms with Gasteiger partial charge in [0.15, 0.2) is 0 Å². The molecule has 0 bridgehead atoms. The highest BCUT2D eigenvalue weighted by molar-refractivity contribution is 7.80. The summed E-state index contributed by atoms with van der Waals surface area (Å²) in [6, 6.07) is 0. The molecular weight excluding hydrogens is 266 g/mol. The molecule has 18 heavy (non-hydrogen) atoms. The average molecular weight is 281 g/mol. The van der Waals surface area contributed by atoms with E-state index < -0.39 is 0 Å². The number of aryl methyl sites for hydroxylation is 3. The minimum Gasteiger partial charge on any atom is -0.389 e. The maximum absolute atomic E-state index is 5.74. The molecule has 0 aliphatic heterocycles. The molecule has 0 spiro atoms. The first-order valence-corrected chi connectivity index (χ1v) is 6.75. The number of aromatic nitrogens is 3. The van der Waals surface area contributed by atoms with Crippen LogP contribution in [0.3, 0.4) is 0 Å². The molecule has 0 saturated heterocycles. The normalized spacial score (nSPS) is 10.6. The topological polar surface area (TPSA) is 68.8 Å². The van der Waals surface area contributed by atoms with Crippen molar-refractivity contribution in [3.05, 3.63) is 27.3 Å². The summed E-state index contributed by atoms with van der Waals surface area (Å²) < 4.78 is 1.76. The van der Waals surface area contributed by atoms with Crippen molar-refractivity contribution in [3.63, 3.8) is 0 Å². The summed E-state index contributed by atoms with van der Waals surface area (Å²) in [6.07, 6.45) is 0. The third-order valence-corrected chi connectivity index (χ3v) is 3.87. The van der Waals surface area contributed by atoms with Crippen LogP contribution in [0.5, 0.6) is 0 Å². The Morgan fingerprint density at radius 1 is 1.50 bits per heavy atom. The molecule has 0 aliphatic rings. The van der Waals surface area contributed by atoms with Crippen molar-refractivity contribution in [2.24, 2.45) is 12.8 Å². The third kappa shape index (κ3) is 2.37. The van der Waals surface area contributed by atoms with Crippen molar-refractivity contribution in [1.82, 2.24) is 14.8 Å². The van der Waals surface area contributed by atoms with Crippen molar-refractivity contribution < 1.29 is 0 Å². The van der Waals surface area contributed by atoms with Gasteiger partial charge < -0.3 is 11.1 Å². The van der Waals surface area contributed by atoms with Gasteiger partial charge in [-0.25, -0.2) is 4.98 Å². The number of hydrogen-bond acceptors (Lipinski definition) is 5. The first kappa shape index (κ1) is 13.0. The lowest BCUT2D eigenvalue weighted by atomic mass is 10.2. The van der Waals surface area contributed by atoms with Gasteiger partial charge in [0.25, 0.3) is 0 Å². The highest BCUT2D eigenvalue weighted by atomic mass is 32.1. The van der Waals surface area contributed by atoms with Gasteiger partial charge in [-0.2, -0.15) is 5.10 Å². The molecule has 0 saturated carbocycles. The van der Waals surface area contributed by atoms with E-state index >= 15 is 0 Å². The molecule has 7 heteroatoms. The fourth-order valence-electron chi connectivity index (χ4n) is 1.82. The molecule has 0 radical (unpaired) electrons. The minimum atomic E-state index is 0.365. The molecule has 96 valence electrons. The highest BCUT2D eigenvalue weighted by Crippen LogP contribution is 2.21. The van der Waals surface area contributed by atoms with Crippen molar-refractivity contribution in [2.45, 2.75) is 20.4 Å². The molecular formula is C11H15N5S2. The van der Waals surface area contributed by atoms with Gasteiger partial charge in [0.1, 0.15) is 10.8 Å². The molecule has 0 unspecified atom stereocenters. The molecule has 0 atom stereocenters. The van der Waals surface area contributed by atoms with Gasteiger partial charge in [0, 0.05) is 11.9 Å². The van der Waals surface area contributed by atoms with Crippen LogP contribution in [-0.4, -0.2) is 19.8 Å². The van der Waals surface area contributed by atoms with Crippen LogP contribution in [0.2, 0.25) is 0 Å². The zero-order valence-corrected chi connectivity index (χ0v) is 12.2. The van der Waals surface area contributed by atoms with Crippen LogP contribution in [0.4, 0.5) is 5.82 Å². The quantitative estimate of drug-likeness (QED) is 0.836. The maximum atomic E-state index is 5.74. The van der Waals surface area contributed by atoms with Gasteiger partial charge in [-0.1, -0.05) is 12.2 Å². The third-order valence-electron chi connectivity index (χ3n) is 2.73. The Kier molecular flexibility index (Phi) is 3.63. The van der Waals surface area contributed by atoms with Gasteiger partial charge in [-0.15, -0.1) is 11.3 Å². The highest BCUT2D eigenvalue weighted by Gasteiger charge is 2.15. The Bertz CT molecular complexity index is 584. The number of nitrogens with one attached hydrogen (secondary N) is 1. The number of thiazole rings is 1. The number of nitrogens with two attached hydrogens (primary N) is 1. The van der Waals surface area contributed by atoms with Crippen molar-refractivity contribution in [3.8, 4) is 0 Å². The van der Waals surface area contributed by atoms with Crippen LogP contribution >= 0.6 is 23.6 Å². The van der Waals surface area contributed by atoms with Crippen LogP contribution in [0, 0.1) is 13.8 Å². The molecule has 5 nitrogen and oxygen atoms in total. The number of anilines is 1. The Morgan fingerprint density at radius 2 is 2.22 bits per heavy atom. The zero-order chi connectivity index (χ0) is 13.3. The summed E-state index contributed by atoms with van der Waals surface area (Å²) in [5, 5.41) is 7.66. The van der Waals surface area contributed by atoms with Crippen LogP contribution in [0.1, 0.15) is 21.8 Å². The van der Waals surface area contributed by atoms with E-state index in [4.69, 9.17) is 18.0 Å². The Hall–Kier alpha value is -1.47. The molecule has 0 aromatic carbocycles. The molecule has 2 aromatic heterocycles. The van der Waals surface area contributed by atoms with Crippen molar-refractivity contribution in [1.29, 1.82) is 0 Å². The van der Waals surface area contributed by atoms with E-state index in [0.29, 0.717) is 11.5 Å². The first-order chi connectivity index (χ1) is 8.50. The van der Waals surface area contributed by atoms with Gasteiger partial charge in [0.05, 0.1) is 29.0 Å². The fraction of sp³-hybridized carbons (Fsp3) is 0.364. The molecule has 3 N–H and O–H groups in total. The van der Waals surface area contributed by atoms with Crippen LogP contribution in [-0.2, 0) is 13.6 Å². The van der Waals surface area contributed by atoms with Crippen LogP contribution in [0.15, 0.2) is 5.51 Å². The molecule has 2 heterocycles. The Labute approximate surface area is 115 Å². The van der Waals surface area contributed by atoms with E-state index in [2.05, 4.69) is 15.4 Å². The number of thiocarbonyl (C=S) groups is 1. The summed E-state index contributed by atoms with van der Waals surface area (Å²) in [4.78, 5) is 5.78. The van der Waals surface area contributed by atoms with Gasteiger partial charge >= 0.3 is 0 Å². The van der Waals surface area contributed by atoms with Crippen LogP contribution in [0.25, 0.3) is 0 Å². The molecule has 2 rings (SSSR count). The molecule has 2 aromatic rings. The van der Waals surface area contributed by atoms with E-state index in [0.717, 1.165) is 22.8 Å². The minimum absolute atomic E-state index is 0.365. The first-order valence-electron chi connectivity index (χ1n) is 5.47. The summed E-state index contributed by atoms with van der Waals surface area (Å²) in [6.45, 7) is 4.60. The summed E-state index contributed by atoms with van der Waals surface area (Å²) >= 11 is 6.69. The number of rotatable bonds is 4. The lowest BCUT2D eigenvalue weighted by Gasteiger charge is -2.08. The van der Waals surface area contributed by atoms with E-state index in [-0.39, 0.29) is 0 Å². The summed E-state index contributed by atoms with van der Waals surface area (Å²) in [5.74, 6) is 0.854. The summed E-state index contributed by atoms with van der Waals surface area (Å²) in [5.41, 5.74) is 10.3. The molecule has 0 fully saturated rings. The Balaban J connectivity index is 2.24. The smallest absolute Gasteiger partial charge is 0.134 e. The number of hydrogen-bond donors (Lipinski definition) is 2. The molecule has 0 aliphatic carbocycles. The fourth-order valence-corrected chi connectivity index (χ4v) is 2.78. The zero-order valence-electron chi connectivity index (χ0n) is 10.5. The van der Waals surface area contributed by atoms with Crippen molar-refractivity contribution >= 4 is 34.4 Å². The van der Waals surface area contributed by atoms with Gasteiger partial charge in [0.2, 0.25) is 0 Å². The van der Waals surface area contributed by atoms with Gasteiger partial charge in [-0.05, 0) is 13.8 Å². The van der Waals surface area contributed by atoms with E-state index in [9.17, 15) is 0 Å². The second-order valence-corrected chi connectivity index (χ2v) is 5.39. The maximum Gasteiger partial charge on any atom is 0.134 e. The second-order valence-electron chi connectivity index (χ2n) is 4.01. The Morgan fingerprint density at radius 3 is 2.78 bits per heavy atom. The van der Waals surface area contributed by atoms with E-state index in [1.54, 1.807) is 16.0 Å². The van der Waals surface area contributed by atoms with E-state index in [1.165, 1.54) is 4.88 Å². The predicted octanol–water partition coefficient (Wildman–Crippen LogP) is 1.74. The molecule has 0 amide bonds. The van der Waals surface area contributed by atoms with Crippen molar-refractivity contribution in [2.75, 3.05) is 5.32 Å². The lowest BCUT2D eigenvalue weighted by Crippen LogP contribution is -2.14. The average Bonchev–Trinajstić information content (AvgIpc) is 2.79. The largest absolute Gasteiger partial charge is 0.389 e. The van der Waals surface area contributed by atoms with Gasteiger partial charge in [-0.3, -0.25) is 4.68 Å². The predicted molar refractivity (Wildman–Crippen MR) is 78.0 cm³/mol. The lowest BCUT2D eigenvalue weighted by molar-refractivity contribution is 0.758.